The van der Waals surface area contributed by atoms with E-state index >= 15 is 0 Å². The minimum absolute atomic E-state index is 0.147. The molecule has 0 aliphatic carbocycles. The van der Waals surface area contributed by atoms with E-state index in [-0.39, 0.29) is 5.69 Å². The smallest absolute Gasteiger partial charge is 0.343 e. The summed E-state index contributed by atoms with van der Waals surface area (Å²) in [7, 11) is 1.72. The first-order valence-corrected chi connectivity index (χ1v) is 10.4. The third-order valence-electron chi connectivity index (χ3n) is 5.75. The van der Waals surface area contributed by atoms with Gasteiger partial charge in [0.15, 0.2) is 0 Å². The molecule has 2 aromatic carbocycles. The molecule has 1 aliphatic heterocycles. The zero-order chi connectivity index (χ0) is 20.9. The molecule has 0 bridgehead atoms. The number of anilines is 1. The number of aromatic nitrogens is 3. The van der Waals surface area contributed by atoms with Gasteiger partial charge >= 0.3 is 5.69 Å². The number of methoxy groups -OCH3 is 1. The molecule has 0 unspecified atom stereocenters. The highest BCUT2D eigenvalue weighted by Crippen LogP contribution is 2.28. The monoisotopic (exact) mass is 407 g/mol. The summed E-state index contributed by atoms with van der Waals surface area (Å²) in [6, 6.07) is 16.4. The number of nitrogens with zero attached hydrogens (tertiary/aromatic N) is 4. The summed E-state index contributed by atoms with van der Waals surface area (Å²) in [5, 5.41) is 6.89. The molecule has 7 nitrogen and oxygen atoms in total. The number of rotatable bonds is 7. The summed E-state index contributed by atoms with van der Waals surface area (Å²) >= 11 is 0. The van der Waals surface area contributed by atoms with Crippen LogP contribution in [0.1, 0.15) is 17.0 Å². The lowest BCUT2D eigenvalue weighted by molar-refractivity contribution is 0.257. The number of aromatic amines is 1. The maximum absolute atomic E-state index is 12.2. The Kier molecular flexibility index (Phi) is 6.18. The van der Waals surface area contributed by atoms with Gasteiger partial charge in [-0.05, 0) is 24.6 Å². The van der Waals surface area contributed by atoms with Gasteiger partial charge in [-0.2, -0.15) is 5.10 Å². The fourth-order valence-electron chi connectivity index (χ4n) is 3.94. The van der Waals surface area contributed by atoms with Gasteiger partial charge in [0.2, 0.25) is 0 Å². The van der Waals surface area contributed by atoms with E-state index in [1.54, 1.807) is 11.7 Å². The van der Waals surface area contributed by atoms with Crippen LogP contribution < -0.4 is 15.3 Å². The molecular weight excluding hydrogens is 378 g/mol. The third-order valence-corrected chi connectivity index (χ3v) is 5.75. The first kappa shape index (κ1) is 20.2. The third kappa shape index (κ3) is 4.57. The van der Waals surface area contributed by atoms with E-state index in [9.17, 15) is 4.79 Å². The molecule has 0 spiro atoms. The van der Waals surface area contributed by atoms with Gasteiger partial charge in [0.25, 0.3) is 0 Å². The lowest BCUT2D eigenvalue weighted by atomic mass is 10.1. The summed E-state index contributed by atoms with van der Waals surface area (Å²) < 4.78 is 7.25. The van der Waals surface area contributed by atoms with E-state index in [1.807, 2.05) is 12.1 Å². The van der Waals surface area contributed by atoms with Gasteiger partial charge < -0.3 is 9.64 Å². The van der Waals surface area contributed by atoms with Gasteiger partial charge in [0.1, 0.15) is 11.6 Å². The van der Waals surface area contributed by atoms with Crippen molar-refractivity contribution >= 4 is 5.69 Å². The number of aryl methyl sites for hydroxylation is 1. The van der Waals surface area contributed by atoms with E-state index < -0.39 is 0 Å². The van der Waals surface area contributed by atoms with Gasteiger partial charge in [-0.3, -0.25) is 9.47 Å². The van der Waals surface area contributed by atoms with Crippen LogP contribution in [0.3, 0.4) is 0 Å². The van der Waals surface area contributed by atoms with Crippen molar-refractivity contribution in [2.45, 2.75) is 19.9 Å². The first-order chi connectivity index (χ1) is 14.6. The highest BCUT2D eigenvalue weighted by atomic mass is 16.5. The highest BCUT2D eigenvalue weighted by molar-refractivity contribution is 5.58. The Balaban J connectivity index is 1.34. The van der Waals surface area contributed by atoms with Crippen LogP contribution in [-0.4, -0.2) is 59.5 Å². The van der Waals surface area contributed by atoms with Crippen molar-refractivity contribution in [1.82, 2.24) is 19.7 Å². The van der Waals surface area contributed by atoms with Crippen LogP contribution >= 0.6 is 0 Å². The Morgan fingerprint density at radius 3 is 2.50 bits per heavy atom. The molecule has 0 atom stereocenters. The Bertz CT molecular complexity index is 1020. The van der Waals surface area contributed by atoms with Gasteiger partial charge in [-0.15, -0.1) is 0 Å². The first-order valence-electron chi connectivity index (χ1n) is 10.4. The Morgan fingerprint density at radius 2 is 1.77 bits per heavy atom. The molecule has 1 aliphatic rings. The number of hydrogen-bond donors (Lipinski definition) is 1. The molecule has 4 rings (SSSR count). The second-order valence-corrected chi connectivity index (χ2v) is 7.77. The van der Waals surface area contributed by atoms with Crippen LogP contribution in [0.5, 0.6) is 5.75 Å². The molecule has 0 radical (unpaired) electrons. The van der Waals surface area contributed by atoms with Gasteiger partial charge in [-0.25, -0.2) is 9.89 Å². The summed E-state index contributed by atoms with van der Waals surface area (Å²) in [4.78, 5) is 17.0. The van der Waals surface area contributed by atoms with Crippen molar-refractivity contribution < 1.29 is 4.74 Å². The van der Waals surface area contributed by atoms with E-state index in [0.29, 0.717) is 6.54 Å². The van der Waals surface area contributed by atoms with Crippen molar-refractivity contribution in [1.29, 1.82) is 0 Å². The fourth-order valence-corrected chi connectivity index (χ4v) is 3.94. The molecule has 2 heterocycles. The van der Waals surface area contributed by atoms with Crippen molar-refractivity contribution in [3.05, 3.63) is 76.0 Å². The van der Waals surface area contributed by atoms with Crippen LogP contribution in [0.4, 0.5) is 5.69 Å². The van der Waals surface area contributed by atoms with Crippen LogP contribution in [-0.2, 0) is 13.0 Å². The van der Waals surface area contributed by atoms with Crippen LogP contribution in [0.15, 0.2) is 53.3 Å². The molecule has 0 saturated carbocycles. The molecule has 30 heavy (non-hydrogen) atoms. The SMILES string of the molecule is COc1ccccc1N1CCN(CCc2n[nH]c(=O)n2Cc2ccc(C)cc2)CC1. The molecule has 0 amide bonds. The van der Waals surface area contributed by atoms with Crippen LogP contribution in [0.2, 0.25) is 0 Å². The van der Waals surface area contributed by atoms with Crippen molar-refractivity contribution in [2.24, 2.45) is 0 Å². The second kappa shape index (κ2) is 9.17. The number of para-hydroxylation sites is 2. The minimum atomic E-state index is -0.147. The summed E-state index contributed by atoms with van der Waals surface area (Å²) in [6.07, 6.45) is 0.749. The summed E-state index contributed by atoms with van der Waals surface area (Å²) in [5.74, 6) is 1.73. The summed E-state index contributed by atoms with van der Waals surface area (Å²) in [6.45, 7) is 7.36. The molecule has 158 valence electrons. The number of ether oxygens (including phenoxy) is 1. The predicted octanol–water partition coefficient (Wildman–Crippen LogP) is 2.30. The minimum Gasteiger partial charge on any atom is -0.495 e. The van der Waals surface area contributed by atoms with Crippen LogP contribution in [0, 0.1) is 6.92 Å². The molecular formula is C23H29N5O2. The van der Waals surface area contributed by atoms with E-state index in [4.69, 9.17) is 4.74 Å². The van der Waals surface area contributed by atoms with Gasteiger partial charge in [0.05, 0.1) is 19.3 Å². The van der Waals surface area contributed by atoms with Crippen molar-refractivity contribution in [2.75, 3.05) is 44.7 Å². The van der Waals surface area contributed by atoms with E-state index in [0.717, 1.165) is 62.0 Å². The molecule has 7 heteroatoms. The molecule has 3 aromatic rings. The number of piperazine rings is 1. The second-order valence-electron chi connectivity index (χ2n) is 7.77. The Hall–Kier alpha value is -3.06. The number of H-pyrrole nitrogens is 1. The Labute approximate surface area is 176 Å². The lowest BCUT2D eigenvalue weighted by Crippen LogP contribution is -2.47. The quantitative estimate of drug-likeness (QED) is 0.651. The van der Waals surface area contributed by atoms with Gasteiger partial charge in [-0.1, -0.05) is 42.0 Å². The topological polar surface area (TPSA) is 66.4 Å². The standard InChI is InChI=1S/C23H29N5O2/c1-18-7-9-19(10-8-18)17-28-22(24-25-23(28)29)11-12-26-13-15-27(16-14-26)20-5-3-4-6-21(20)30-2/h3-10H,11-17H2,1-2H3,(H,25,29). The molecule has 1 N–H and O–H groups in total. The largest absolute Gasteiger partial charge is 0.495 e. The van der Waals surface area contributed by atoms with E-state index in [2.05, 4.69) is 63.3 Å². The highest BCUT2D eigenvalue weighted by Gasteiger charge is 2.20. The summed E-state index contributed by atoms with van der Waals surface area (Å²) in [5.41, 5.74) is 3.33. The van der Waals surface area contributed by atoms with Crippen molar-refractivity contribution in [3.63, 3.8) is 0 Å². The number of nitrogens with one attached hydrogen (secondary N) is 1. The Morgan fingerprint density at radius 1 is 1.03 bits per heavy atom. The molecule has 1 saturated heterocycles. The zero-order valence-corrected chi connectivity index (χ0v) is 17.7. The number of benzene rings is 2. The zero-order valence-electron chi connectivity index (χ0n) is 17.7. The molecule has 1 aromatic heterocycles. The number of hydrogen-bond acceptors (Lipinski definition) is 5. The average Bonchev–Trinajstić information content (AvgIpc) is 3.13. The maximum Gasteiger partial charge on any atom is 0.343 e. The van der Waals surface area contributed by atoms with Crippen LogP contribution in [0.25, 0.3) is 0 Å². The van der Waals surface area contributed by atoms with E-state index in [1.165, 1.54) is 5.56 Å². The predicted molar refractivity (Wildman–Crippen MR) is 118 cm³/mol. The fraction of sp³-hybridized carbons (Fsp3) is 0.391. The maximum atomic E-state index is 12.2. The normalized spacial score (nSPS) is 14.8. The van der Waals surface area contributed by atoms with Gasteiger partial charge in [0, 0.05) is 39.1 Å². The lowest BCUT2D eigenvalue weighted by Gasteiger charge is -2.36. The van der Waals surface area contributed by atoms with Crippen molar-refractivity contribution in [3.8, 4) is 5.75 Å². The average molecular weight is 408 g/mol. The molecule has 1 fully saturated rings.